The topological polar surface area (TPSA) is 70.1 Å². The van der Waals surface area contributed by atoms with Gasteiger partial charge in [0.05, 0.1) is 19.3 Å². The number of hydrogen-bond acceptors (Lipinski definition) is 4. The monoisotopic (exact) mass is 273 g/mol. The molecular weight excluding hydrogens is 254 g/mol. The molecule has 5 nitrogen and oxygen atoms in total. The molecule has 0 bridgehead atoms. The lowest BCUT2D eigenvalue weighted by Gasteiger charge is -2.13. The third kappa shape index (κ3) is 2.58. The SMILES string of the molecule is COc1c(C)cnc(Cn2cccc(CN)c2=O)c1C. The van der Waals surface area contributed by atoms with Gasteiger partial charge in [0.1, 0.15) is 5.75 Å². The molecule has 0 aromatic carbocycles. The number of rotatable bonds is 4. The lowest BCUT2D eigenvalue weighted by molar-refractivity contribution is 0.406. The molecule has 0 amide bonds. The minimum atomic E-state index is -0.0734. The van der Waals surface area contributed by atoms with Gasteiger partial charge in [0.25, 0.3) is 5.56 Å². The fourth-order valence-electron chi connectivity index (χ4n) is 2.26. The zero-order valence-electron chi connectivity index (χ0n) is 12.0. The molecular formula is C15H19N3O2. The van der Waals surface area contributed by atoms with E-state index in [-0.39, 0.29) is 12.1 Å². The maximum Gasteiger partial charge on any atom is 0.255 e. The first-order valence-electron chi connectivity index (χ1n) is 6.46. The Morgan fingerprint density at radius 1 is 1.40 bits per heavy atom. The van der Waals surface area contributed by atoms with E-state index >= 15 is 0 Å². The van der Waals surface area contributed by atoms with Crippen LogP contribution >= 0.6 is 0 Å². The Morgan fingerprint density at radius 2 is 2.15 bits per heavy atom. The molecule has 2 rings (SSSR count). The average molecular weight is 273 g/mol. The quantitative estimate of drug-likeness (QED) is 0.913. The van der Waals surface area contributed by atoms with E-state index < -0.39 is 0 Å². The van der Waals surface area contributed by atoms with Gasteiger partial charge in [-0.2, -0.15) is 0 Å². The standard InChI is InChI=1S/C15H19N3O2/c1-10-8-17-13(11(2)14(10)20-3)9-18-6-4-5-12(7-16)15(18)19/h4-6,8H,7,9,16H2,1-3H3. The van der Waals surface area contributed by atoms with E-state index in [1.807, 2.05) is 19.9 Å². The van der Waals surface area contributed by atoms with Crippen molar-refractivity contribution in [2.75, 3.05) is 7.11 Å². The Kier molecular flexibility index (Phi) is 4.20. The molecule has 0 fully saturated rings. The van der Waals surface area contributed by atoms with Crippen LogP contribution in [0, 0.1) is 13.8 Å². The summed E-state index contributed by atoms with van der Waals surface area (Å²) in [6, 6.07) is 3.57. The van der Waals surface area contributed by atoms with Gasteiger partial charge in [-0.25, -0.2) is 0 Å². The molecule has 0 aliphatic carbocycles. The number of aryl methyl sites for hydroxylation is 1. The lowest BCUT2D eigenvalue weighted by Crippen LogP contribution is -2.25. The molecule has 2 heterocycles. The number of pyridine rings is 2. The van der Waals surface area contributed by atoms with Crippen LogP contribution in [0.25, 0.3) is 0 Å². The van der Waals surface area contributed by atoms with Crippen molar-refractivity contribution in [1.82, 2.24) is 9.55 Å². The van der Waals surface area contributed by atoms with E-state index in [2.05, 4.69) is 4.98 Å². The van der Waals surface area contributed by atoms with Crippen molar-refractivity contribution in [3.63, 3.8) is 0 Å². The smallest absolute Gasteiger partial charge is 0.255 e. The van der Waals surface area contributed by atoms with Crippen molar-refractivity contribution < 1.29 is 4.74 Å². The maximum atomic E-state index is 12.2. The molecule has 5 heteroatoms. The second-order valence-corrected chi connectivity index (χ2v) is 4.72. The number of methoxy groups -OCH3 is 1. The molecule has 0 aliphatic heterocycles. The third-order valence-corrected chi connectivity index (χ3v) is 3.39. The molecule has 106 valence electrons. The van der Waals surface area contributed by atoms with Crippen LogP contribution in [0.15, 0.2) is 29.3 Å². The van der Waals surface area contributed by atoms with E-state index in [1.165, 1.54) is 0 Å². The van der Waals surface area contributed by atoms with Crippen LogP contribution in [-0.4, -0.2) is 16.7 Å². The largest absolute Gasteiger partial charge is 0.496 e. The Hall–Kier alpha value is -2.14. The summed E-state index contributed by atoms with van der Waals surface area (Å²) in [7, 11) is 1.64. The molecule has 2 N–H and O–H groups in total. The molecule has 0 saturated heterocycles. The van der Waals surface area contributed by atoms with Gasteiger partial charge in [-0.1, -0.05) is 6.07 Å². The van der Waals surface area contributed by atoms with Gasteiger partial charge >= 0.3 is 0 Å². The Balaban J connectivity index is 2.43. The number of nitrogens with zero attached hydrogens (tertiary/aromatic N) is 2. The highest BCUT2D eigenvalue weighted by Crippen LogP contribution is 2.24. The van der Waals surface area contributed by atoms with E-state index in [1.54, 1.807) is 30.1 Å². The first kappa shape index (κ1) is 14.3. The highest BCUT2D eigenvalue weighted by molar-refractivity contribution is 5.41. The Bertz CT molecular complexity index is 677. The van der Waals surface area contributed by atoms with Crippen molar-refractivity contribution in [3.8, 4) is 5.75 Å². The van der Waals surface area contributed by atoms with Crippen LogP contribution in [0.1, 0.15) is 22.4 Å². The van der Waals surface area contributed by atoms with Crippen LogP contribution < -0.4 is 16.0 Å². The van der Waals surface area contributed by atoms with Gasteiger partial charge < -0.3 is 15.0 Å². The zero-order chi connectivity index (χ0) is 14.7. The average Bonchev–Trinajstić information content (AvgIpc) is 2.44. The van der Waals surface area contributed by atoms with Crippen molar-refractivity contribution >= 4 is 0 Å². The summed E-state index contributed by atoms with van der Waals surface area (Å²) in [5.74, 6) is 0.818. The summed E-state index contributed by atoms with van der Waals surface area (Å²) in [5, 5.41) is 0. The fourth-order valence-corrected chi connectivity index (χ4v) is 2.26. The maximum absolute atomic E-state index is 12.2. The molecule has 0 aliphatic rings. The molecule has 0 radical (unpaired) electrons. The minimum Gasteiger partial charge on any atom is -0.496 e. The summed E-state index contributed by atoms with van der Waals surface area (Å²) < 4.78 is 7.00. The normalized spacial score (nSPS) is 10.6. The van der Waals surface area contributed by atoms with Crippen LogP contribution in [0.5, 0.6) is 5.75 Å². The molecule has 0 unspecified atom stereocenters. The second kappa shape index (κ2) is 5.88. The summed E-state index contributed by atoms with van der Waals surface area (Å²) in [5.41, 5.74) is 8.85. The van der Waals surface area contributed by atoms with Crippen molar-refractivity contribution in [2.24, 2.45) is 5.73 Å². The lowest BCUT2D eigenvalue weighted by atomic mass is 10.1. The first-order chi connectivity index (χ1) is 9.58. The molecule has 20 heavy (non-hydrogen) atoms. The Labute approximate surface area is 118 Å². The molecule has 2 aromatic rings. The predicted molar refractivity (Wildman–Crippen MR) is 78.0 cm³/mol. The highest BCUT2D eigenvalue weighted by atomic mass is 16.5. The number of ether oxygens (including phenoxy) is 1. The van der Waals surface area contributed by atoms with Gasteiger partial charge in [-0.3, -0.25) is 9.78 Å². The van der Waals surface area contributed by atoms with Gasteiger partial charge in [0.15, 0.2) is 0 Å². The van der Waals surface area contributed by atoms with Crippen LogP contribution in [-0.2, 0) is 13.1 Å². The predicted octanol–water partition coefficient (Wildman–Crippen LogP) is 1.38. The summed E-state index contributed by atoms with van der Waals surface area (Å²) in [4.78, 5) is 16.6. The zero-order valence-corrected chi connectivity index (χ0v) is 12.0. The third-order valence-electron chi connectivity index (χ3n) is 3.39. The number of nitrogens with two attached hydrogens (primary N) is 1. The number of hydrogen-bond donors (Lipinski definition) is 1. The van der Waals surface area contributed by atoms with Crippen molar-refractivity contribution in [1.29, 1.82) is 0 Å². The number of aromatic nitrogens is 2. The van der Waals surface area contributed by atoms with Crippen LogP contribution in [0.2, 0.25) is 0 Å². The summed E-state index contributed by atoms with van der Waals surface area (Å²) in [6.07, 6.45) is 3.51. The van der Waals surface area contributed by atoms with Gasteiger partial charge in [-0.05, 0) is 19.9 Å². The second-order valence-electron chi connectivity index (χ2n) is 4.72. The minimum absolute atomic E-state index is 0.0734. The molecule has 0 atom stereocenters. The van der Waals surface area contributed by atoms with Crippen molar-refractivity contribution in [2.45, 2.75) is 26.9 Å². The fraction of sp³-hybridized carbons (Fsp3) is 0.333. The molecule has 0 saturated carbocycles. The van der Waals surface area contributed by atoms with Gasteiger partial charge in [0, 0.05) is 35.6 Å². The molecule has 2 aromatic heterocycles. The van der Waals surface area contributed by atoms with E-state index in [0.29, 0.717) is 12.1 Å². The highest BCUT2D eigenvalue weighted by Gasteiger charge is 2.11. The van der Waals surface area contributed by atoms with E-state index in [4.69, 9.17) is 10.5 Å². The van der Waals surface area contributed by atoms with E-state index in [0.717, 1.165) is 22.6 Å². The van der Waals surface area contributed by atoms with Gasteiger partial charge in [0.2, 0.25) is 0 Å². The van der Waals surface area contributed by atoms with Gasteiger partial charge in [-0.15, -0.1) is 0 Å². The molecule has 0 spiro atoms. The summed E-state index contributed by atoms with van der Waals surface area (Å²) >= 11 is 0. The van der Waals surface area contributed by atoms with Crippen LogP contribution in [0.4, 0.5) is 0 Å². The van der Waals surface area contributed by atoms with Crippen molar-refractivity contribution in [3.05, 3.63) is 57.3 Å². The van der Waals surface area contributed by atoms with Crippen LogP contribution in [0.3, 0.4) is 0 Å². The first-order valence-corrected chi connectivity index (χ1v) is 6.46. The summed E-state index contributed by atoms with van der Waals surface area (Å²) in [6.45, 7) is 4.55. The van der Waals surface area contributed by atoms with E-state index in [9.17, 15) is 4.79 Å². The Morgan fingerprint density at radius 3 is 2.80 bits per heavy atom.